The van der Waals surface area contributed by atoms with Gasteiger partial charge in [0.05, 0.1) is 13.2 Å². The van der Waals surface area contributed by atoms with Gasteiger partial charge in [0.2, 0.25) is 0 Å². The van der Waals surface area contributed by atoms with Gasteiger partial charge in [-0.15, -0.1) is 0 Å². The van der Waals surface area contributed by atoms with Gasteiger partial charge in [0.1, 0.15) is 11.5 Å². The molecule has 2 bridgehead atoms. The number of benzene rings is 1. The van der Waals surface area contributed by atoms with Crippen LogP contribution in [0.5, 0.6) is 11.5 Å². The average molecular weight is 276 g/mol. The van der Waals surface area contributed by atoms with Crippen molar-refractivity contribution in [3.8, 4) is 11.5 Å². The summed E-state index contributed by atoms with van der Waals surface area (Å²) in [4.78, 5) is 14.0. The molecule has 2 aliphatic rings. The summed E-state index contributed by atoms with van der Waals surface area (Å²) < 4.78 is 11.4. The summed E-state index contributed by atoms with van der Waals surface area (Å²) in [5, 5.41) is 3.07. The Morgan fingerprint density at radius 3 is 3.05 bits per heavy atom. The molecular weight excluding hydrogens is 256 g/mol. The number of amides is 2. The molecule has 20 heavy (non-hydrogen) atoms. The van der Waals surface area contributed by atoms with Crippen molar-refractivity contribution in [3.63, 3.8) is 0 Å². The van der Waals surface area contributed by atoms with Crippen LogP contribution in [0.4, 0.5) is 4.79 Å². The standard InChI is InChI=1S/C15H20N2O3/c1-4-7-17-14(18)16-12-9-15(17,2)20-13-8-10(19-3)5-6-11(12)13/h5-6,8,12H,4,7,9H2,1-3H3,(H,16,18). The fourth-order valence-electron chi connectivity index (χ4n) is 3.08. The Hall–Kier alpha value is -1.91. The minimum atomic E-state index is -0.581. The highest BCUT2D eigenvalue weighted by molar-refractivity contribution is 5.77. The highest BCUT2D eigenvalue weighted by atomic mass is 16.5. The number of carbonyl (C=O) groups is 1. The van der Waals surface area contributed by atoms with E-state index in [1.165, 1.54) is 0 Å². The molecule has 2 aliphatic heterocycles. The molecule has 0 aromatic heterocycles. The molecule has 1 aromatic carbocycles. The van der Waals surface area contributed by atoms with Crippen molar-refractivity contribution in [3.05, 3.63) is 23.8 Å². The topological polar surface area (TPSA) is 50.8 Å². The summed E-state index contributed by atoms with van der Waals surface area (Å²) in [5.74, 6) is 1.56. The molecule has 1 fully saturated rings. The number of hydrogen-bond acceptors (Lipinski definition) is 3. The Kier molecular flexibility index (Phi) is 3.00. The van der Waals surface area contributed by atoms with E-state index in [4.69, 9.17) is 9.47 Å². The molecule has 2 unspecified atom stereocenters. The van der Waals surface area contributed by atoms with Crippen LogP contribution < -0.4 is 14.8 Å². The zero-order valence-corrected chi connectivity index (χ0v) is 12.1. The SMILES string of the molecule is CCCN1C(=O)NC2CC1(C)Oc1cc(OC)ccc12. The Morgan fingerprint density at radius 2 is 2.35 bits per heavy atom. The number of nitrogens with zero attached hydrogens (tertiary/aromatic N) is 1. The molecule has 2 amide bonds. The van der Waals surface area contributed by atoms with E-state index in [1.54, 1.807) is 12.0 Å². The summed E-state index contributed by atoms with van der Waals surface area (Å²) in [5.41, 5.74) is 0.440. The van der Waals surface area contributed by atoms with Crippen LogP contribution in [0.15, 0.2) is 18.2 Å². The van der Waals surface area contributed by atoms with Crippen LogP contribution in [0.25, 0.3) is 0 Å². The molecule has 1 aromatic rings. The Balaban J connectivity index is 2.01. The number of nitrogens with one attached hydrogen (secondary N) is 1. The van der Waals surface area contributed by atoms with Gasteiger partial charge in [-0.3, -0.25) is 4.90 Å². The van der Waals surface area contributed by atoms with Crippen molar-refractivity contribution >= 4 is 6.03 Å². The summed E-state index contributed by atoms with van der Waals surface area (Å²) in [6.07, 6.45) is 1.67. The van der Waals surface area contributed by atoms with Crippen molar-refractivity contribution in [1.29, 1.82) is 0 Å². The largest absolute Gasteiger partial charge is 0.497 e. The van der Waals surface area contributed by atoms with Crippen LogP contribution >= 0.6 is 0 Å². The molecule has 2 heterocycles. The Labute approximate surface area is 118 Å². The lowest BCUT2D eigenvalue weighted by Gasteiger charge is -2.50. The van der Waals surface area contributed by atoms with E-state index in [2.05, 4.69) is 12.2 Å². The number of fused-ring (bicyclic) bond motifs is 4. The van der Waals surface area contributed by atoms with Crippen LogP contribution in [-0.4, -0.2) is 30.3 Å². The fourth-order valence-corrected chi connectivity index (χ4v) is 3.08. The summed E-state index contributed by atoms with van der Waals surface area (Å²) in [6.45, 7) is 4.73. The number of ether oxygens (including phenoxy) is 2. The molecule has 0 aliphatic carbocycles. The minimum absolute atomic E-state index is 0.00950. The first-order chi connectivity index (χ1) is 9.57. The lowest BCUT2D eigenvalue weighted by molar-refractivity contribution is -0.0837. The zero-order chi connectivity index (χ0) is 14.3. The molecule has 108 valence electrons. The van der Waals surface area contributed by atoms with E-state index in [9.17, 15) is 4.79 Å². The van der Waals surface area contributed by atoms with Gasteiger partial charge in [0.25, 0.3) is 0 Å². The van der Waals surface area contributed by atoms with Crippen LogP contribution in [0.3, 0.4) is 0 Å². The monoisotopic (exact) mass is 276 g/mol. The maximum absolute atomic E-state index is 12.2. The maximum atomic E-state index is 12.2. The number of hydrogen-bond donors (Lipinski definition) is 1. The molecule has 0 radical (unpaired) electrons. The second kappa shape index (κ2) is 4.58. The lowest BCUT2D eigenvalue weighted by atomic mass is 9.90. The van der Waals surface area contributed by atoms with Crippen LogP contribution in [0.1, 0.15) is 38.3 Å². The fraction of sp³-hybridized carbons (Fsp3) is 0.533. The van der Waals surface area contributed by atoms with Crippen molar-refractivity contribution in [1.82, 2.24) is 10.2 Å². The van der Waals surface area contributed by atoms with Crippen LogP contribution in [-0.2, 0) is 0 Å². The number of urea groups is 1. The normalized spacial score (nSPS) is 27.4. The second-order valence-electron chi connectivity index (χ2n) is 5.54. The quantitative estimate of drug-likeness (QED) is 0.923. The molecule has 1 saturated heterocycles. The summed E-state index contributed by atoms with van der Waals surface area (Å²) in [6, 6.07) is 5.72. The molecule has 0 saturated carbocycles. The predicted molar refractivity (Wildman–Crippen MR) is 74.9 cm³/mol. The van der Waals surface area contributed by atoms with E-state index < -0.39 is 5.72 Å². The van der Waals surface area contributed by atoms with Crippen molar-refractivity contribution in [2.24, 2.45) is 0 Å². The molecule has 2 atom stereocenters. The smallest absolute Gasteiger partial charge is 0.320 e. The van der Waals surface area contributed by atoms with Gasteiger partial charge in [-0.1, -0.05) is 6.92 Å². The molecule has 1 N–H and O–H groups in total. The van der Waals surface area contributed by atoms with Gasteiger partial charge in [0.15, 0.2) is 5.72 Å². The second-order valence-corrected chi connectivity index (χ2v) is 5.54. The Morgan fingerprint density at radius 1 is 1.55 bits per heavy atom. The Bertz CT molecular complexity index is 546. The number of methoxy groups -OCH3 is 1. The van der Waals surface area contributed by atoms with Crippen LogP contribution in [0, 0.1) is 0 Å². The molecule has 5 nitrogen and oxygen atoms in total. The molecule has 0 spiro atoms. The van der Waals surface area contributed by atoms with E-state index in [1.807, 2.05) is 25.1 Å². The molecular formula is C15H20N2O3. The highest BCUT2D eigenvalue weighted by Gasteiger charge is 2.48. The van der Waals surface area contributed by atoms with Crippen molar-refractivity contribution < 1.29 is 14.3 Å². The van der Waals surface area contributed by atoms with Gasteiger partial charge in [-0.2, -0.15) is 0 Å². The molecule has 5 heteroatoms. The van der Waals surface area contributed by atoms with E-state index in [0.29, 0.717) is 6.54 Å². The van der Waals surface area contributed by atoms with E-state index >= 15 is 0 Å². The van der Waals surface area contributed by atoms with Gasteiger partial charge in [-0.05, 0) is 25.5 Å². The first-order valence-electron chi connectivity index (χ1n) is 7.02. The number of rotatable bonds is 3. The predicted octanol–water partition coefficient (Wildman–Crippen LogP) is 2.67. The van der Waals surface area contributed by atoms with Gasteiger partial charge in [0, 0.05) is 24.6 Å². The van der Waals surface area contributed by atoms with E-state index in [-0.39, 0.29) is 12.1 Å². The van der Waals surface area contributed by atoms with Gasteiger partial charge < -0.3 is 14.8 Å². The average Bonchev–Trinajstić information content (AvgIpc) is 2.42. The minimum Gasteiger partial charge on any atom is -0.497 e. The van der Waals surface area contributed by atoms with Gasteiger partial charge >= 0.3 is 6.03 Å². The summed E-state index contributed by atoms with van der Waals surface area (Å²) in [7, 11) is 1.64. The third kappa shape index (κ3) is 1.88. The third-order valence-corrected chi connectivity index (χ3v) is 4.07. The number of carbonyl (C=O) groups excluding carboxylic acids is 1. The first-order valence-corrected chi connectivity index (χ1v) is 7.02. The zero-order valence-electron chi connectivity index (χ0n) is 12.1. The third-order valence-electron chi connectivity index (χ3n) is 4.07. The first kappa shape index (κ1) is 13.1. The van der Waals surface area contributed by atoms with Gasteiger partial charge in [-0.25, -0.2) is 4.79 Å². The van der Waals surface area contributed by atoms with Crippen molar-refractivity contribution in [2.75, 3.05) is 13.7 Å². The summed E-state index contributed by atoms with van der Waals surface area (Å²) >= 11 is 0. The maximum Gasteiger partial charge on any atom is 0.320 e. The lowest BCUT2D eigenvalue weighted by Crippen LogP contribution is -2.64. The highest BCUT2D eigenvalue weighted by Crippen LogP contribution is 2.45. The van der Waals surface area contributed by atoms with Crippen LogP contribution in [0.2, 0.25) is 0 Å². The van der Waals surface area contributed by atoms with E-state index in [0.717, 1.165) is 29.9 Å². The molecule has 3 rings (SSSR count). The van der Waals surface area contributed by atoms with Crippen molar-refractivity contribution in [2.45, 2.75) is 38.5 Å².